The summed E-state index contributed by atoms with van der Waals surface area (Å²) in [6.07, 6.45) is 5.08. The summed E-state index contributed by atoms with van der Waals surface area (Å²) in [5, 5.41) is 9.37. The van der Waals surface area contributed by atoms with E-state index in [4.69, 9.17) is 0 Å². The van der Waals surface area contributed by atoms with E-state index in [1.807, 2.05) is 6.08 Å². The minimum atomic E-state index is 0.423. The van der Waals surface area contributed by atoms with E-state index in [2.05, 4.69) is 27.7 Å². The molecular formula is C12H22O. The lowest BCUT2D eigenvalue weighted by Gasteiger charge is -2.43. The van der Waals surface area contributed by atoms with Crippen LogP contribution in [0.4, 0.5) is 0 Å². The summed E-state index contributed by atoms with van der Waals surface area (Å²) < 4.78 is 0. The Balaban J connectivity index is 2.83. The molecule has 0 bridgehead atoms. The van der Waals surface area contributed by atoms with Crippen molar-refractivity contribution in [2.75, 3.05) is 0 Å². The van der Waals surface area contributed by atoms with E-state index in [-0.39, 0.29) is 0 Å². The van der Waals surface area contributed by atoms with Gasteiger partial charge in [-0.15, -0.1) is 0 Å². The van der Waals surface area contributed by atoms with Crippen LogP contribution < -0.4 is 0 Å². The molecule has 0 fully saturated rings. The van der Waals surface area contributed by atoms with Gasteiger partial charge in [0, 0.05) is 6.42 Å². The highest BCUT2D eigenvalue weighted by atomic mass is 16.3. The van der Waals surface area contributed by atoms with E-state index >= 15 is 0 Å². The van der Waals surface area contributed by atoms with Gasteiger partial charge in [0.05, 0.1) is 5.76 Å². The fraction of sp³-hybridized carbons (Fsp3) is 0.833. The molecule has 1 aliphatic carbocycles. The molecule has 0 aromatic rings. The zero-order chi connectivity index (χ0) is 10.1. The molecule has 0 aromatic heterocycles. The smallest absolute Gasteiger partial charge is 0.0883 e. The molecule has 1 rings (SSSR count). The molecule has 1 heteroatoms. The lowest BCUT2D eigenvalue weighted by Crippen LogP contribution is -2.34. The molecule has 0 atom stereocenters. The standard InChI is InChI=1S/C12H22O/c1-9(2)12(10(3)4)7-5-11(13)6-8-12/h5,9-10,13H,6-8H2,1-4H3. The minimum absolute atomic E-state index is 0.423. The second-order valence-corrected chi connectivity index (χ2v) is 4.94. The zero-order valence-corrected chi connectivity index (χ0v) is 9.30. The first-order valence-corrected chi connectivity index (χ1v) is 5.37. The van der Waals surface area contributed by atoms with Crippen molar-refractivity contribution in [3.63, 3.8) is 0 Å². The quantitative estimate of drug-likeness (QED) is 0.686. The van der Waals surface area contributed by atoms with E-state index in [0.717, 1.165) is 19.3 Å². The van der Waals surface area contributed by atoms with E-state index in [1.54, 1.807) is 0 Å². The summed E-state index contributed by atoms with van der Waals surface area (Å²) >= 11 is 0. The van der Waals surface area contributed by atoms with Crippen LogP contribution in [0.5, 0.6) is 0 Å². The summed E-state index contributed by atoms with van der Waals surface area (Å²) in [5.41, 5.74) is 0.423. The Morgan fingerprint density at radius 2 is 1.77 bits per heavy atom. The molecule has 0 aliphatic heterocycles. The number of rotatable bonds is 2. The molecule has 0 saturated carbocycles. The Morgan fingerprint density at radius 1 is 1.23 bits per heavy atom. The average Bonchev–Trinajstić information content (AvgIpc) is 2.04. The third-order valence-electron chi connectivity index (χ3n) is 3.86. The molecular weight excluding hydrogens is 160 g/mol. The van der Waals surface area contributed by atoms with Gasteiger partial charge < -0.3 is 5.11 Å². The van der Waals surface area contributed by atoms with Crippen LogP contribution in [0.15, 0.2) is 11.8 Å². The van der Waals surface area contributed by atoms with Crippen molar-refractivity contribution in [3.05, 3.63) is 11.8 Å². The van der Waals surface area contributed by atoms with Crippen molar-refractivity contribution in [3.8, 4) is 0 Å². The van der Waals surface area contributed by atoms with Crippen molar-refractivity contribution < 1.29 is 5.11 Å². The molecule has 1 N–H and O–H groups in total. The molecule has 0 aromatic carbocycles. The third kappa shape index (κ3) is 1.90. The topological polar surface area (TPSA) is 20.2 Å². The maximum Gasteiger partial charge on any atom is 0.0883 e. The predicted octanol–water partition coefficient (Wildman–Crippen LogP) is 3.91. The monoisotopic (exact) mass is 182 g/mol. The molecule has 76 valence electrons. The van der Waals surface area contributed by atoms with Gasteiger partial charge in [-0.1, -0.05) is 27.7 Å². The average molecular weight is 182 g/mol. The van der Waals surface area contributed by atoms with E-state index in [0.29, 0.717) is 23.0 Å². The van der Waals surface area contributed by atoms with Gasteiger partial charge in [-0.2, -0.15) is 0 Å². The van der Waals surface area contributed by atoms with Crippen LogP contribution in [0, 0.1) is 17.3 Å². The zero-order valence-electron chi connectivity index (χ0n) is 9.30. The lowest BCUT2D eigenvalue weighted by molar-refractivity contribution is 0.0859. The molecule has 0 amide bonds. The largest absolute Gasteiger partial charge is 0.513 e. The molecule has 0 heterocycles. The highest BCUT2D eigenvalue weighted by Gasteiger charge is 2.37. The summed E-state index contributed by atoms with van der Waals surface area (Å²) in [6, 6.07) is 0. The van der Waals surface area contributed by atoms with Crippen LogP contribution in [-0.2, 0) is 0 Å². The number of aliphatic hydroxyl groups excluding tert-OH is 1. The van der Waals surface area contributed by atoms with Crippen LogP contribution in [0.2, 0.25) is 0 Å². The maximum atomic E-state index is 9.37. The molecule has 0 saturated heterocycles. The Morgan fingerprint density at radius 3 is 2.08 bits per heavy atom. The highest BCUT2D eigenvalue weighted by Crippen LogP contribution is 2.46. The third-order valence-corrected chi connectivity index (χ3v) is 3.86. The van der Waals surface area contributed by atoms with Crippen molar-refractivity contribution in [1.82, 2.24) is 0 Å². The summed E-state index contributed by atoms with van der Waals surface area (Å²) in [4.78, 5) is 0. The molecule has 0 radical (unpaired) electrons. The van der Waals surface area contributed by atoms with Crippen LogP contribution in [-0.4, -0.2) is 5.11 Å². The van der Waals surface area contributed by atoms with Crippen molar-refractivity contribution in [2.45, 2.75) is 47.0 Å². The molecule has 1 nitrogen and oxygen atoms in total. The second-order valence-electron chi connectivity index (χ2n) is 4.94. The first kappa shape index (κ1) is 10.6. The van der Waals surface area contributed by atoms with Gasteiger partial charge in [0.15, 0.2) is 0 Å². The van der Waals surface area contributed by atoms with Crippen molar-refractivity contribution >= 4 is 0 Å². The Bertz CT molecular complexity index is 193. The highest BCUT2D eigenvalue weighted by molar-refractivity contribution is 5.04. The van der Waals surface area contributed by atoms with Gasteiger partial charge in [0.1, 0.15) is 0 Å². The van der Waals surface area contributed by atoms with Gasteiger partial charge in [0.25, 0.3) is 0 Å². The van der Waals surface area contributed by atoms with Crippen molar-refractivity contribution in [1.29, 1.82) is 0 Å². The van der Waals surface area contributed by atoms with Gasteiger partial charge in [-0.05, 0) is 36.2 Å². The molecule has 1 aliphatic rings. The van der Waals surface area contributed by atoms with Crippen LogP contribution in [0.25, 0.3) is 0 Å². The fourth-order valence-electron chi connectivity index (χ4n) is 2.59. The van der Waals surface area contributed by atoms with E-state index in [9.17, 15) is 5.11 Å². The van der Waals surface area contributed by atoms with Crippen molar-refractivity contribution in [2.24, 2.45) is 17.3 Å². The number of allylic oxidation sites excluding steroid dienone is 2. The maximum absolute atomic E-state index is 9.37. The first-order chi connectivity index (χ1) is 5.99. The first-order valence-electron chi connectivity index (χ1n) is 5.37. The van der Waals surface area contributed by atoms with Gasteiger partial charge in [-0.25, -0.2) is 0 Å². The van der Waals surface area contributed by atoms with Crippen LogP contribution in [0.1, 0.15) is 47.0 Å². The Hall–Kier alpha value is -0.460. The van der Waals surface area contributed by atoms with Gasteiger partial charge in [-0.3, -0.25) is 0 Å². The number of hydrogen-bond acceptors (Lipinski definition) is 1. The normalized spacial score (nSPS) is 22.2. The summed E-state index contributed by atoms with van der Waals surface area (Å²) in [6.45, 7) is 9.21. The fourth-order valence-corrected chi connectivity index (χ4v) is 2.59. The lowest BCUT2D eigenvalue weighted by atomic mass is 9.62. The van der Waals surface area contributed by atoms with E-state index < -0.39 is 0 Å². The van der Waals surface area contributed by atoms with Gasteiger partial charge >= 0.3 is 0 Å². The predicted molar refractivity (Wildman–Crippen MR) is 56.7 cm³/mol. The minimum Gasteiger partial charge on any atom is -0.513 e. The molecule has 13 heavy (non-hydrogen) atoms. The summed E-state index contributed by atoms with van der Waals surface area (Å²) in [7, 11) is 0. The molecule has 0 spiro atoms. The van der Waals surface area contributed by atoms with Crippen LogP contribution in [0.3, 0.4) is 0 Å². The van der Waals surface area contributed by atoms with Crippen LogP contribution >= 0.6 is 0 Å². The van der Waals surface area contributed by atoms with Gasteiger partial charge in [0.2, 0.25) is 0 Å². The Kier molecular flexibility index (Phi) is 3.05. The van der Waals surface area contributed by atoms with E-state index in [1.165, 1.54) is 0 Å². The summed E-state index contributed by atoms with van der Waals surface area (Å²) in [5.74, 6) is 2.01. The number of hydrogen-bond donors (Lipinski definition) is 1. The SMILES string of the molecule is CC(C)C1(C(C)C)CC=C(O)CC1. The number of aliphatic hydroxyl groups is 1. The Labute approximate surface area is 81.9 Å². The second kappa shape index (κ2) is 3.73. The molecule has 0 unspecified atom stereocenters.